The van der Waals surface area contributed by atoms with Gasteiger partial charge in [-0.15, -0.1) is 0 Å². The number of hydrogen-bond acceptors (Lipinski definition) is 1. The molecule has 3 rings (SSSR count). The van der Waals surface area contributed by atoms with E-state index in [1.807, 2.05) is 6.07 Å². The second-order valence-corrected chi connectivity index (χ2v) is 5.10. The van der Waals surface area contributed by atoms with Gasteiger partial charge in [-0.1, -0.05) is 30.7 Å². The van der Waals surface area contributed by atoms with E-state index >= 15 is 0 Å². The van der Waals surface area contributed by atoms with Crippen molar-refractivity contribution in [1.29, 1.82) is 0 Å². The molecule has 2 nitrogen and oxygen atoms in total. The molecule has 2 aliphatic carbocycles. The van der Waals surface area contributed by atoms with E-state index in [1.165, 1.54) is 17.5 Å². The number of carboxylic acid groups (broad SMARTS) is 1. The Kier molecular flexibility index (Phi) is 2.06. The third kappa shape index (κ3) is 1.16. The topological polar surface area (TPSA) is 37.3 Å². The van der Waals surface area contributed by atoms with Crippen molar-refractivity contribution in [2.24, 2.45) is 5.92 Å². The zero-order chi connectivity index (χ0) is 11.2. The smallest absolute Gasteiger partial charge is 0.307 e. The Balaban J connectivity index is 2.10. The maximum absolute atomic E-state index is 11.4. The van der Waals surface area contributed by atoms with Crippen LogP contribution in [0, 0.1) is 5.92 Å². The van der Waals surface area contributed by atoms with E-state index in [9.17, 15) is 9.90 Å². The molecule has 1 atom stereocenters. The van der Waals surface area contributed by atoms with E-state index in [0.717, 1.165) is 25.7 Å². The summed E-state index contributed by atoms with van der Waals surface area (Å²) in [6, 6.07) is 8.41. The highest BCUT2D eigenvalue weighted by Gasteiger charge is 2.51. The van der Waals surface area contributed by atoms with Crippen molar-refractivity contribution in [3.05, 3.63) is 35.4 Å². The molecular weight excluding hydrogens is 200 g/mol. The second kappa shape index (κ2) is 3.34. The summed E-state index contributed by atoms with van der Waals surface area (Å²) in [5.41, 5.74) is 2.67. The lowest BCUT2D eigenvalue weighted by molar-refractivity contribution is -0.147. The van der Waals surface area contributed by atoms with Crippen molar-refractivity contribution in [1.82, 2.24) is 0 Å². The van der Waals surface area contributed by atoms with Crippen molar-refractivity contribution >= 4 is 5.97 Å². The van der Waals surface area contributed by atoms with Crippen molar-refractivity contribution in [3.63, 3.8) is 0 Å². The number of hydrogen-bond donors (Lipinski definition) is 1. The number of aryl methyl sites for hydroxylation is 1. The van der Waals surface area contributed by atoms with Crippen LogP contribution >= 0.6 is 0 Å². The van der Waals surface area contributed by atoms with Gasteiger partial charge >= 0.3 is 5.97 Å². The van der Waals surface area contributed by atoms with Gasteiger partial charge in [-0.2, -0.15) is 0 Å². The molecule has 1 aromatic rings. The zero-order valence-corrected chi connectivity index (χ0v) is 9.28. The summed E-state index contributed by atoms with van der Waals surface area (Å²) in [5, 5.41) is 9.36. The first kappa shape index (κ1) is 9.88. The van der Waals surface area contributed by atoms with Gasteiger partial charge in [-0.25, -0.2) is 0 Å². The third-order valence-electron chi connectivity index (χ3n) is 4.47. The second-order valence-electron chi connectivity index (χ2n) is 5.10. The fourth-order valence-electron chi connectivity index (χ4n) is 3.52. The average Bonchev–Trinajstić information content (AvgIpc) is 2.24. The van der Waals surface area contributed by atoms with Gasteiger partial charge in [0, 0.05) is 5.41 Å². The Labute approximate surface area is 95.3 Å². The summed E-state index contributed by atoms with van der Waals surface area (Å²) >= 11 is 0. The highest BCUT2D eigenvalue weighted by molar-refractivity contribution is 5.73. The Bertz CT molecular complexity index is 432. The van der Waals surface area contributed by atoms with Crippen LogP contribution in [0.25, 0.3) is 0 Å². The van der Waals surface area contributed by atoms with Crippen molar-refractivity contribution in [3.8, 4) is 0 Å². The summed E-state index contributed by atoms with van der Waals surface area (Å²) in [7, 11) is 0. The Morgan fingerprint density at radius 2 is 2.06 bits per heavy atom. The number of carbonyl (C=O) groups is 1. The summed E-state index contributed by atoms with van der Waals surface area (Å²) in [4.78, 5) is 11.4. The molecule has 1 fully saturated rings. The van der Waals surface area contributed by atoms with E-state index in [2.05, 4.69) is 18.2 Å². The highest BCUT2D eigenvalue weighted by atomic mass is 16.4. The number of fused-ring (bicyclic) bond motifs is 2. The van der Waals surface area contributed by atoms with E-state index in [1.54, 1.807) is 0 Å². The van der Waals surface area contributed by atoms with Gasteiger partial charge in [0.15, 0.2) is 0 Å². The molecule has 0 bridgehead atoms. The number of carboxylic acids is 1. The molecule has 0 heterocycles. The number of rotatable bonds is 1. The summed E-state index contributed by atoms with van der Waals surface area (Å²) < 4.78 is 0. The minimum Gasteiger partial charge on any atom is -0.481 e. The van der Waals surface area contributed by atoms with Crippen LogP contribution in [-0.2, 0) is 16.6 Å². The van der Waals surface area contributed by atoms with Gasteiger partial charge in [0.05, 0.1) is 5.92 Å². The Hall–Kier alpha value is -1.31. The largest absolute Gasteiger partial charge is 0.481 e. The molecule has 0 aliphatic heterocycles. The molecule has 2 heteroatoms. The predicted molar refractivity (Wildman–Crippen MR) is 61.4 cm³/mol. The predicted octanol–water partition coefficient (Wildman–Crippen LogP) is 2.76. The van der Waals surface area contributed by atoms with Gasteiger partial charge in [0.25, 0.3) is 0 Å². The lowest BCUT2D eigenvalue weighted by Gasteiger charge is -2.50. The molecule has 0 saturated heterocycles. The Morgan fingerprint density at radius 1 is 1.31 bits per heavy atom. The van der Waals surface area contributed by atoms with Crippen molar-refractivity contribution in [2.75, 3.05) is 0 Å². The zero-order valence-electron chi connectivity index (χ0n) is 9.28. The van der Waals surface area contributed by atoms with Crippen LogP contribution in [0.5, 0.6) is 0 Å². The highest BCUT2D eigenvalue weighted by Crippen LogP contribution is 2.54. The first-order valence-corrected chi connectivity index (χ1v) is 6.05. The summed E-state index contributed by atoms with van der Waals surface area (Å²) in [6.45, 7) is 0. The summed E-state index contributed by atoms with van der Waals surface area (Å²) in [5.74, 6) is -0.759. The lowest BCUT2D eigenvalue weighted by atomic mass is 9.53. The third-order valence-corrected chi connectivity index (χ3v) is 4.47. The van der Waals surface area contributed by atoms with E-state index in [0.29, 0.717) is 0 Å². The van der Waals surface area contributed by atoms with Gasteiger partial charge < -0.3 is 5.11 Å². The van der Waals surface area contributed by atoms with E-state index in [4.69, 9.17) is 0 Å². The fourth-order valence-corrected chi connectivity index (χ4v) is 3.52. The minimum absolute atomic E-state index is 0.0271. The quantitative estimate of drug-likeness (QED) is 0.783. The molecule has 1 unspecified atom stereocenters. The molecule has 84 valence electrons. The molecular formula is C14H16O2. The monoisotopic (exact) mass is 216 g/mol. The van der Waals surface area contributed by atoms with Crippen LogP contribution in [0.2, 0.25) is 0 Å². The van der Waals surface area contributed by atoms with Crippen molar-refractivity contribution in [2.45, 2.75) is 37.5 Å². The molecule has 1 spiro atoms. The van der Waals surface area contributed by atoms with Crippen molar-refractivity contribution < 1.29 is 9.90 Å². The van der Waals surface area contributed by atoms with Gasteiger partial charge in [-0.05, 0) is 36.8 Å². The standard InChI is InChI=1S/C14H16O2/c15-13(16)12-7-6-10-4-1-2-5-11(10)14(12)8-3-9-14/h1-2,4-5,12H,3,6-9H2,(H,15,16). The van der Waals surface area contributed by atoms with Crippen LogP contribution in [-0.4, -0.2) is 11.1 Å². The van der Waals surface area contributed by atoms with Crippen LogP contribution in [0.1, 0.15) is 36.8 Å². The van der Waals surface area contributed by atoms with Gasteiger partial charge in [0.2, 0.25) is 0 Å². The van der Waals surface area contributed by atoms with Crippen LogP contribution in [0.3, 0.4) is 0 Å². The van der Waals surface area contributed by atoms with Gasteiger partial charge in [-0.3, -0.25) is 4.79 Å². The SMILES string of the molecule is O=C(O)C1CCc2ccccc2C12CCC2. The molecule has 0 aromatic heterocycles. The first-order chi connectivity index (χ1) is 7.74. The van der Waals surface area contributed by atoms with Gasteiger partial charge in [0.1, 0.15) is 0 Å². The Morgan fingerprint density at radius 3 is 2.69 bits per heavy atom. The molecule has 1 aromatic carbocycles. The fraction of sp³-hybridized carbons (Fsp3) is 0.500. The summed E-state index contributed by atoms with van der Waals surface area (Å²) in [6.07, 6.45) is 5.03. The maximum atomic E-state index is 11.4. The molecule has 1 N–H and O–H groups in total. The normalized spacial score (nSPS) is 25.9. The molecule has 0 amide bonds. The number of aliphatic carboxylic acids is 1. The number of benzene rings is 1. The lowest BCUT2D eigenvalue weighted by Crippen LogP contribution is -2.48. The van der Waals surface area contributed by atoms with E-state index in [-0.39, 0.29) is 11.3 Å². The first-order valence-electron chi connectivity index (χ1n) is 6.05. The maximum Gasteiger partial charge on any atom is 0.307 e. The van der Waals surface area contributed by atoms with Crippen LogP contribution < -0.4 is 0 Å². The van der Waals surface area contributed by atoms with Crippen LogP contribution in [0.4, 0.5) is 0 Å². The molecule has 0 radical (unpaired) electrons. The molecule has 1 saturated carbocycles. The molecule has 16 heavy (non-hydrogen) atoms. The van der Waals surface area contributed by atoms with E-state index < -0.39 is 5.97 Å². The minimum atomic E-state index is -0.603. The molecule has 2 aliphatic rings. The average molecular weight is 216 g/mol. The van der Waals surface area contributed by atoms with Crippen LogP contribution in [0.15, 0.2) is 24.3 Å².